The third kappa shape index (κ3) is 1.41. The Hall–Kier alpha value is -0.980. The Balaban J connectivity index is 2.59. The van der Waals surface area contributed by atoms with E-state index < -0.39 is 0 Å². The molecule has 14 heavy (non-hydrogen) atoms. The van der Waals surface area contributed by atoms with E-state index in [0.717, 1.165) is 20.7 Å². The summed E-state index contributed by atoms with van der Waals surface area (Å²) in [5.74, 6) is 2.76. The Morgan fingerprint density at radius 2 is 2.14 bits per heavy atom. The SMILES string of the molecule is Cc1cc(-c2onc(N)c2I)c(C)o1. The fraction of sp³-hybridized carbons (Fsp3) is 0.222. The molecule has 74 valence electrons. The summed E-state index contributed by atoms with van der Waals surface area (Å²) in [4.78, 5) is 0. The van der Waals surface area contributed by atoms with Crippen LogP contribution in [0.4, 0.5) is 5.82 Å². The highest BCUT2D eigenvalue weighted by Gasteiger charge is 2.17. The van der Waals surface area contributed by atoms with E-state index in [1.165, 1.54) is 0 Å². The number of nitrogens with zero attached hydrogens (tertiary/aromatic N) is 1. The lowest BCUT2D eigenvalue weighted by atomic mass is 10.2. The van der Waals surface area contributed by atoms with E-state index in [1.54, 1.807) is 0 Å². The van der Waals surface area contributed by atoms with Gasteiger partial charge >= 0.3 is 0 Å². The molecule has 0 aliphatic carbocycles. The molecule has 0 bridgehead atoms. The highest BCUT2D eigenvalue weighted by Crippen LogP contribution is 2.32. The van der Waals surface area contributed by atoms with Crippen molar-refractivity contribution in [2.75, 3.05) is 5.73 Å². The number of rotatable bonds is 1. The van der Waals surface area contributed by atoms with Crippen molar-refractivity contribution >= 4 is 28.4 Å². The minimum atomic E-state index is 0.416. The Kier molecular flexibility index (Phi) is 2.26. The van der Waals surface area contributed by atoms with E-state index in [1.807, 2.05) is 19.9 Å². The summed E-state index contributed by atoms with van der Waals surface area (Å²) in [5.41, 5.74) is 6.50. The van der Waals surface area contributed by atoms with Gasteiger partial charge in [0.2, 0.25) is 0 Å². The Morgan fingerprint density at radius 1 is 1.43 bits per heavy atom. The second kappa shape index (κ2) is 3.30. The monoisotopic (exact) mass is 304 g/mol. The maximum atomic E-state index is 5.59. The molecule has 2 rings (SSSR count). The largest absolute Gasteiger partial charge is 0.466 e. The zero-order chi connectivity index (χ0) is 10.3. The van der Waals surface area contributed by atoms with Crippen molar-refractivity contribution in [3.8, 4) is 11.3 Å². The maximum absolute atomic E-state index is 5.59. The van der Waals surface area contributed by atoms with E-state index in [0.29, 0.717) is 11.6 Å². The van der Waals surface area contributed by atoms with Gasteiger partial charge in [-0.25, -0.2) is 0 Å². The zero-order valence-corrected chi connectivity index (χ0v) is 9.95. The van der Waals surface area contributed by atoms with Crippen LogP contribution in [0.3, 0.4) is 0 Å². The molecule has 5 heteroatoms. The average molecular weight is 304 g/mol. The van der Waals surface area contributed by atoms with Crippen molar-refractivity contribution in [2.24, 2.45) is 0 Å². The van der Waals surface area contributed by atoms with Crippen molar-refractivity contribution in [2.45, 2.75) is 13.8 Å². The second-order valence-electron chi connectivity index (χ2n) is 3.04. The van der Waals surface area contributed by atoms with Gasteiger partial charge in [-0.05, 0) is 42.5 Å². The van der Waals surface area contributed by atoms with E-state index in [9.17, 15) is 0 Å². The molecule has 2 N–H and O–H groups in total. The van der Waals surface area contributed by atoms with Crippen LogP contribution in [0.1, 0.15) is 11.5 Å². The molecule has 0 fully saturated rings. The molecule has 0 unspecified atom stereocenters. The molecule has 2 aromatic heterocycles. The highest BCUT2D eigenvalue weighted by molar-refractivity contribution is 14.1. The Morgan fingerprint density at radius 3 is 2.57 bits per heavy atom. The van der Waals surface area contributed by atoms with Gasteiger partial charge < -0.3 is 14.7 Å². The number of hydrogen-bond acceptors (Lipinski definition) is 4. The fourth-order valence-corrected chi connectivity index (χ4v) is 1.80. The Bertz CT molecular complexity index is 473. The first-order valence-electron chi connectivity index (χ1n) is 4.07. The number of anilines is 1. The van der Waals surface area contributed by atoms with Gasteiger partial charge in [-0.1, -0.05) is 5.16 Å². The summed E-state index contributed by atoms with van der Waals surface area (Å²) < 4.78 is 11.4. The lowest BCUT2D eigenvalue weighted by molar-refractivity contribution is 0.433. The number of hydrogen-bond donors (Lipinski definition) is 1. The smallest absolute Gasteiger partial charge is 0.185 e. The normalized spacial score (nSPS) is 10.8. The minimum Gasteiger partial charge on any atom is -0.466 e. The second-order valence-corrected chi connectivity index (χ2v) is 4.12. The van der Waals surface area contributed by atoms with Crippen LogP contribution < -0.4 is 5.73 Å². The van der Waals surface area contributed by atoms with Crippen LogP contribution in [0.25, 0.3) is 11.3 Å². The van der Waals surface area contributed by atoms with Gasteiger partial charge in [0, 0.05) is 0 Å². The van der Waals surface area contributed by atoms with Crippen LogP contribution in [-0.4, -0.2) is 5.16 Å². The van der Waals surface area contributed by atoms with Crippen molar-refractivity contribution in [3.63, 3.8) is 0 Å². The molecular formula is C9H9IN2O2. The zero-order valence-electron chi connectivity index (χ0n) is 7.80. The number of nitrogen functional groups attached to an aromatic ring is 1. The van der Waals surface area contributed by atoms with Crippen molar-refractivity contribution in [3.05, 3.63) is 21.2 Å². The molecule has 0 atom stereocenters. The summed E-state index contributed by atoms with van der Waals surface area (Å²) in [5, 5.41) is 3.70. The maximum Gasteiger partial charge on any atom is 0.185 e. The summed E-state index contributed by atoms with van der Waals surface area (Å²) in [7, 11) is 0. The van der Waals surface area contributed by atoms with Gasteiger partial charge in [-0.2, -0.15) is 0 Å². The van der Waals surface area contributed by atoms with Crippen LogP contribution in [0.5, 0.6) is 0 Å². The molecule has 2 aromatic rings. The molecular weight excluding hydrogens is 295 g/mol. The Labute approximate surface area is 94.6 Å². The molecule has 0 spiro atoms. The molecule has 0 radical (unpaired) electrons. The first-order chi connectivity index (χ1) is 6.59. The first-order valence-corrected chi connectivity index (χ1v) is 5.15. The quantitative estimate of drug-likeness (QED) is 0.823. The van der Waals surface area contributed by atoms with Crippen LogP contribution in [0.15, 0.2) is 15.0 Å². The molecule has 0 saturated carbocycles. The third-order valence-electron chi connectivity index (χ3n) is 1.95. The van der Waals surface area contributed by atoms with Crippen LogP contribution in [0.2, 0.25) is 0 Å². The van der Waals surface area contributed by atoms with Gasteiger partial charge in [0.1, 0.15) is 15.1 Å². The lowest BCUT2D eigenvalue weighted by Crippen LogP contribution is -1.86. The predicted molar refractivity (Wildman–Crippen MR) is 60.8 cm³/mol. The standard InChI is InChI=1S/C9H9IN2O2/c1-4-3-6(5(2)13-4)8-7(10)9(11)12-14-8/h3H,1-2H3,(H2,11,12). The van der Waals surface area contributed by atoms with Gasteiger partial charge in [-0.3, -0.25) is 0 Å². The predicted octanol–water partition coefficient (Wildman–Crippen LogP) is 2.74. The summed E-state index contributed by atoms with van der Waals surface area (Å²) >= 11 is 2.11. The topological polar surface area (TPSA) is 65.2 Å². The number of furan rings is 1. The van der Waals surface area contributed by atoms with Crippen molar-refractivity contribution in [1.82, 2.24) is 5.16 Å². The van der Waals surface area contributed by atoms with Crippen LogP contribution >= 0.6 is 22.6 Å². The van der Waals surface area contributed by atoms with Gasteiger partial charge in [0.25, 0.3) is 0 Å². The fourth-order valence-electron chi connectivity index (χ4n) is 1.31. The van der Waals surface area contributed by atoms with Crippen LogP contribution in [-0.2, 0) is 0 Å². The molecule has 0 saturated heterocycles. The number of halogens is 1. The van der Waals surface area contributed by atoms with Crippen molar-refractivity contribution in [1.29, 1.82) is 0 Å². The van der Waals surface area contributed by atoms with Crippen molar-refractivity contribution < 1.29 is 8.94 Å². The lowest BCUT2D eigenvalue weighted by Gasteiger charge is -1.91. The number of aromatic nitrogens is 1. The highest BCUT2D eigenvalue weighted by atomic mass is 127. The molecule has 0 amide bonds. The molecule has 0 aliphatic heterocycles. The van der Waals surface area contributed by atoms with Crippen LogP contribution in [0, 0.1) is 17.4 Å². The van der Waals surface area contributed by atoms with Gasteiger partial charge in [-0.15, -0.1) is 0 Å². The van der Waals surface area contributed by atoms with E-state index in [4.69, 9.17) is 14.7 Å². The number of nitrogens with two attached hydrogens (primary N) is 1. The molecule has 2 heterocycles. The summed E-state index contributed by atoms with van der Waals surface area (Å²) in [6.07, 6.45) is 0. The molecule has 0 aliphatic rings. The van der Waals surface area contributed by atoms with Gasteiger partial charge in [0.15, 0.2) is 11.6 Å². The minimum absolute atomic E-state index is 0.416. The molecule has 4 nitrogen and oxygen atoms in total. The van der Waals surface area contributed by atoms with E-state index >= 15 is 0 Å². The molecule has 0 aromatic carbocycles. The summed E-state index contributed by atoms with van der Waals surface area (Å²) in [6, 6.07) is 1.91. The third-order valence-corrected chi connectivity index (χ3v) is 2.99. The van der Waals surface area contributed by atoms with Gasteiger partial charge in [0.05, 0.1) is 5.56 Å². The average Bonchev–Trinajstić information content (AvgIpc) is 2.59. The summed E-state index contributed by atoms with van der Waals surface area (Å²) in [6.45, 7) is 3.78. The van der Waals surface area contributed by atoms with E-state index in [-0.39, 0.29) is 0 Å². The number of aryl methyl sites for hydroxylation is 2. The first kappa shape index (κ1) is 9.57. The van der Waals surface area contributed by atoms with E-state index in [2.05, 4.69) is 27.7 Å².